The molecule has 0 saturated heterocycles. The summed E-state index contributed by atoms with van der Waals surface area (Å²) in [4.78, 5) is 12.3. The van der Waals surface area contributed by atoms with E-state index in [1.165, 1.54) is 0 Å². The number of hydrogen-bond donors (Lipinski definition) is 2. The van der Waals surface area contributed by atoms with E-state index in [1.807, 2.05) is 37.3 Å². The van der Waals surface area contributed by atoms with Crippen molar-refractivity contribution in [2.24, 2.45) is 5.73 Å². The molecular formula is C16H20N2O2. The van der Waals surface area contributed by atoms with Crippen molar-refractivity contribution in [3.8, 4) is 0 Å². The average molecular weight is 272 g/mol. The number of carbonyl (C=O) groups is 1. The number of carbonyl (C=O) groups excluding carboxylic acids is 1. The molecule has 0 aliphatic heterocycles. The second-order valence-corrected chi connectivity index (χ2v) is 5.74. The molecule has 1 aromatic carbocycles. The van der Waals surface area contributed by atoms with Gasteiger partial charge in [-0.25, -0.2) is 0 Å². The van der Waals surface area contributed by atoms with Crippen molar-refractivity contribution in [3.63, 3.8) is 0 Å². The summed E-state index contributed by atoms with van der Waals surface area (Å²) in [5.74, 6) is 0.698. The standard InChI is InChI=1S/C16H20N2O2/c1-11(18-15(19)16(17)8-4-5-9-16)14-10-12-6-2-3-7-13(12)20-14/h2-3,6-7,10-11H,4-5,8-9,17H2,1H3,(H,18,19). The minimum atomic E-state index is -0.694. The van der Waals surface area contributed by atoms with Crippen molar-refractivity contribution in [3.05, 3.63) is 36.1 Å². The minimum absolute atomic E-state index is 0.0667. The Morgan fingerprint density at radius 3 is 2.75 bits per heavy atom. The smallest absolute Gasteiger partial charge is 0.240 e. The second-order valence-electron chi connectivity index (χ2n) is 5.74. The lowest BCUT2D eigenvalue weighted by Gasteiger charge is -2.24. The average Bonchev–Trinajstić information content (AvgIpc) is 3.05. The maximum atomic E-state index is 12.3. The monoisotopic (exact) mass is 272 g/mol. The molecule has 1 atom stereocenters. The number of furan rings is 1. The van der Waals surface area contributed by atoms with Crippen molar-refractivity contribution in [1.29, 1.82) is 0 Å². The third kappa shape index (κ3) is 2.31. The van der Waals surface area contributed by atoms with Crippen molar-refractivity contribution >= 4 is 16.9 Å². The first-order valence-corrected chi connectivity index (χ1v) is 7.17. The van der Waals surface area contributed by atoms with E-state index in [9.17, 15) is 4.79 Å². The molecule has 1 heterocycles. The number of nitrogens with two attached hydrogens (primary N) is 1. The zero-order valence-corrected chi connectivity index (χ0v) is 11.7. The van der Waals surface area contributed by atoms with E-state index in [2.05, 4.69) is 5.32 Å². The van der Waals surface area contributed by atoms with Crippen molar-refractivity contribution in [1.82, 2.24) is 5.32 Å². The fourth-order valence-corrected chi connectivity index (χ4v) is 2.86. The number of benzene rings is 1. The number of para-hydroxylation sites is 1. The predicted octanol–water partition coefficient (Wildman–Crippen LogP) is 2.88. The molecule has 1 fully saturated rings. The van der Waals surface area contributed by atoms with E-state index in [-0.39, 0.29) is 11.9 Å². The van der Waals surface area contributed by atoms with Gasteiger partial charge in [0.2, 0.25) is 5.91 Å². The Balaban J connectivity index is 1.75. The molecular weight excluding hydrogens is 252 g/mol. The summed E-state index contributed by atoms with van der Waals surface area (Å²) in [5.41, 5.74) is 6.31. The van der Waals surface area contributed by atoms with E-state index < -0.39 is 5.54 Å². The summed E-state index contributed by atoms with van der Waals surface area (Å²) in [5, 5.41) is 4.03. The van der Waals surface area contributed by atoms with Crippen LogP contribution in [0.4, 0.5) is 0 Å². The highest BCUT2D eigenvalue weighted by atomic mass is 16.3. The first-order valence-electron chi connectivity index (χ1n) is 7.17. The molecule has 0 spiro atoms. The Morgan fingerprint density at radius 2 is 2.05 bits per heavy atom. The van der Waals surface area contributed by atoms with Gasteiger partial charge < -0.3 is 15.5 Å². The van der Waals surface area contributed by atoms with Gasteiger partial charge in [0.05, 0.1) is 11.6 Å². The molecule has 1 saturated carbocycles. The van der Waals surface area contributed by atoms with Crippen molar-refractivity contribution < 1.29 is 9.21 Å². The fourth-order valence-electron chi connectivity index (χ4n) is 2.86. The van der Waals surface area contributed by atoms with Gasteiger partial charge in [0, 0.05) is 5.39 Å². The number of amides is 1. The first-order chi connectivity index (χ1) is 9.58. The number of rotatable bonds is 3. The molecule has 1 unspecified atom stereocenters. The predicted molar refractivity (Wildman–Crippen MR) is 78.2 cm³/mol. The highest BCUT2D eigenvalue weighted by Crippen LogP contribution is 2.29. The SMILES string of the molecule is CC(NC(=O)C1(N)CCCC1)c1cc2ccccc2o1. The molecule has 3 rings (SSSR count). The highest BCUT2D eigenvalue weighted by molar-refractivity contribution is 5.87. The van der Waals surface area contributed by atoms with Crippen LogP contribution in [-0.2, 0) is 4.79 Å². The van der Waals surface area contributed by atoms with Crippen LogP contribution in [0.3, 0.4) is 0 Å². The third-order valence-corrected chi connectivity index (χ3v) is 4.17. The molecule has 2 aromatic rings. The molecule has 4 heteroatoms. The van der Waals surface area contributed by atoms with Crippen LogP contribution in [0.25, 0.3) is 11.0 Å². The molecule has 0 radical (unpaired) electrons. The second kappa shape index (κ2) is 4.94. The van der Waals surface area contributed by atoms with Crippen LogP contribution in [0.5, 0.6) is 0 Å². The van der Waals surface area contributed by atoms with E-state index in [1.54, 1.807) is 0 Å². The molecule has 3 N–H and O–H groups in total. The molecule has 1 aliphatic rings. The van der Waals surface area contributed by atoms with Crippen LogP contribution in [0, 0.1) is 0 Å². The zero-order valence-electron chi connectivity index (χ0n) is 11.7. The lowest BCUT2D eigenvalue weighted by atomic mass is 9.97. The van der Waals surface area contributed by atoms with Gasteiger partial charge in [0.25, 0.3) is 0 Å². The van der Waals surface area contributed by atoms with Crippen LogP contribution in [0.1, 0.15) is 44.4 Å². The maximum absolute atomic E-state index is 12.3. The summed E-state index contributed by atoms with van der Waals surface area (Å²) in [6.07, 6.45) is 3.60. The van der Waals surface area contributed by atoms with Crippen LogP contribution < -0.4 is 11.1 Å². The third-order valence-electron chi connectivity index (χ3n) is 4.17. The van der Waals surface area contributed by atoms with Gasteiger partial charge >= 0.3 is 0 Å². The highest BCUT2D eigenvalue weighted by Gasteiger charge is 2.37. The Kier molecular flexibility index (Phi) is 3.26. The summed E-state index contributed by atoms with van der Waals surface area (Å²) in [7, 11) is 0. The first kappa shape index (κ1) is 13.2. The maximum Gasteiger partial charge on any atom is 0.240 e. The molecule has 0 bridgehead atoms. The van der Waals surface area contributed by atoms with Gasteiger partial charge in [0.1, 0.15) is 11.3 Å². The van der Waals surface area contributed by atoms with E-state index >= 15 is 0 Å². The Hall–Kier alpha value is -1.81. The summed E-state index contributed by atoms with van der Waals surface area (Å²) >= 11 is 0. The van der Waals surface area contributed by atoms with E-state index in [4.69, 9.17) is 10.2 Å². The number of hydrogen-bond acceptors (Lipinski definition) is 3. The van der Waals surface area contributed by atoms with Crippen molar-refractivity contribution in [2.45, 2.75) is 44.2 Å². The van der Waals surface area contributed by atoms with Crippen molar-refractivity contribution in [2.75, 3.05) is 0 Å². The Labute approximate surface area is 118 Å². The zero-order chi connectivity index (χ0) is 14.2. The quantitative estimate of drug-likeness (QED) is 0.902. The summed E-state index contributed by atoms with van der Waals surface area (Å²) in [6.45, 7) is 1.92. The van der Waals surface area contributed by atoms with Crippen LogP contribution >= 0.6 is 0 Å². The van der Waals surface area contributed by atoms with Gasteiger partial charge in [-0.1, -0.05) is 31.0 Å². The topological polar surface area (TPSA) is 68.3 Å². The van der Waals surface area contributed by atoms with Gasteiger partial charge in [0.15, 0.2) is 0 Å². The van der Waals surface area contributed by atoms with Gasteiger partial charge in [-0.05, 0) is 31.9 Å². The lowest BCUT2D eigenvalue weighted by molar-refractivity contribution is -0.126. The summed E-state index contributed by atoms with van der Waals surface area (Å²) < 4.78 is 5.77. The van der Waals surface area contributed by atoms with Gasteiger partial charge in [-0.2, -0.15) is 0 Å². The fraction of sp³-hybridized carbons (Fsp3) is 0.438. The minimum Gasteiger partial charge on any atom is -0.459 e. The molecule has 1 amide bonds. The Morgan fingerprint density at radius 1 is 1.35 bits per heavy atom. The molecule has 1 aromatic heterocycles. The van der Waals surface area contributed by atoms with Gasteiger partial charge in [-0.3, -0.25) is 4.79 Å². The largest absolute Gasteiger partial charge is 0.459 e. The number of nitrogens with one attached hydrogen (secondary N) is 1. The molecule has 20 heavy (non-hydrogen) atoms. The molecule has 1 aliphatic carbocycles. The normalized spacial score (nSPS) is 19.1. The van der Waals surface area contributed by atoms with Crippen LogP contribution in [-0.4, -0.2) is 11.4 Å². The lowest BCUT2D eigenvalue weighted by Crippen LogP contribution is -2.52. The molecule has 4 nitrogen and oxygen atoms in total. The number of fused-ring (bicyclic) bond motifs is 1. The van der Waals surface area contributed by atoms with Gasteiger partial charge in [-0.15, -0.1) is 0 Å². The van der Waals surface area contributed by atoms with Crippen LogP contribution in [0.2, 0.25) is 0 Å². The summed E-state index contributed by atoms with van der Waals surface area (Å²) in [6, 6.07) is 9.63. The van der Waals surface area contributed by atoms with E-state index in [0.29, 0.717) is 0 Å². The van der Waals surface area contributed by atoms with E-state index in [0.717, 1.165) is 42.4 Å². The van der Waals surface area contributed by atoms with Crippen LogP contribution in [0.15, 0.2) is 34.7 Å². The molecule has 106 valence electrons. The Bertz CT molecular complexity index is 593.